The maximum atomic E-state index is 13.7. The molecule has 2 saturated heterocycles. The van der Waals surface area contributed by atoms with Crippen LogP contribution in [-0.4, -0.2) is 78.7 Å². The van der Waals surface area contributed by atoms with E-state index in [1.165, 1.54) is 4.80 Å². The quantitative estimate of drug-likeness (QED) is 0.0338. The van der Waals surface area contributed by atoms with E-state index in [9.17, 15) is 73.3 Å². The molecule has 3 heterocycles. The number of tetrazole rings is 1. The molecule has 0 spiro atoms. The summed E-state index contributed by atoms with van der Waals surface area (Å²) in [6.45, 7) is 5.48. The van der Waals surface area contributed by atoms with Crippen molar-refractivity contribution in [1.82, 2.24) is 20.2 Å². The molecule has 0 bridgehead atoms. The van der Waals surface area contributed by atoms with Crippen LogP contribution >= 0.6 is 0 Å². The van der Waals surface area contributed by atoms with Crippen LogP contribution in [0.15, 0.2) is 151 Å². The summed E-state index contributed by atoms with van der Waals surface area (Å²) < 4.78 is 157. The Balaban J connectivity index is 0.000000219. The van der Waals surface area contributed by atoms with E-state index in [1.807, 2.05) is 50.2 Å². The summed E-state index contributed by atoms with van der Waals surface area (Å²) in [6.07, 6.45) is -16.0. The fraction of sp³-hybridized carbons (Fsp3) is 0.367. The summed E-state index contributed by atoms with van der Waals surface area (Å²) in [7, 11) is 0. The van der Waals surface area contributed by atoms with Crippen LogP contribution in [0.2, 0.25) is 0 Å². The fourth-order valence-electron chi connectivity index (χ4n) is 11.0. The number of nitrogens with zero attached hydrogens (tertiary/aromatic N) is 7. The van der Waals surface area contributed by atoms with Gasteiger partial charge >= 0.3 is 24.7 Å². The summed E-state index contributed by atoms with van der Waals surface area (Å²) >= 11 is 0. The number of aliphatic hydroxyl groups is 2. The highest BCUT2D eigenvalue weighted by Crippen LogP contribution is 2.47. The van der Waals surface area contributed by atoms with E-state index in [4.69, 9.17) is 4.84 Å². The number of piperidine rings is 2. The summed E-state index contributed by atoms with van der Waals surface area (Å²) in [5.41, 5.74) is -3.89. The van der Waals surface area contributed by atoms with Crippen molar-refractivity contribution in [2.24, 2.45) is 17.0 Å². The van der Waals surface area contributed by atoms with Gasteiger partial charge in [0, 0.05) is 54.2 Å². The number of rotatable bonds is 15. The fourth-order valence-corrected chi connectivity index (χ4v) is 11.0. The van der Waals surface area contributed by atoms with Crippen molar-refractivity contribution in [3.63, 3.8) is 0 Å². The Labute approximate surface area is 475 Å². The molecule has 7 aromatic rings. The number of hydrogen-bond donors (Lipinski definition) is 2. The number of oxime groups is 1. The van der Waals surface area contributed by atoms with Gasteiger partial charge in [0.25, 0.3) is 0 Å². The van der Waals surface area contributed by atoms with Crippen LogP contribution in [0.5, 0.6) is 0 Å². The van der Waals surface area contributed by atoms with Gasteiger partial charge in [0.15, 0.2) is 0 Å². The first-order chi connectivity index (χ1) is 39.5. The average molecular weight is 1190 g/mol. The van der Waals surface area contributed by atoms with Crippen molar-refractivity contribution < 1.29 is 77.0 Å². The number of aryl methyl sites for hydroxylation is 1. The number of aromatic nitrogens is 4. The third kappa shape index (κ3) is 14.6. The summed E-state index contributed by atoms with van der Waals surface area (Å²) in [5, 5.41) is 67.5. The Bertz CT molecular complexity index is 3170. The molecule has 2 fully saturated rings. The number of alkyl halides is 12. The van der Waals surface area contributed by atoms with Crippen molar-refractivity contribution in [1.29, 1.82) is 0 Å². The lowest BCUT2D eigenvalue weighted by atomic mass is 9.71. The lowest BCUT2D eigenvalue weighted by Crippen LogP contribution is -2.51. The molecule has 0 radical (unpaired) electrons. The third-order valence-electron chi connectivity index (χ3n) is 15.6. The largest absolute Gasteiger partial charge is 0.633 e. The van der Waals surface area contributed by atoms with Crippen molar-refractivity contribution in [2.75, 3.05) is 32.8 Å². The van der Waals surface area contributed by atoms with Crippen LogP contribution in [-0.2, 0) is 60.4 Å². The number of quaternary nitrogens is 2. The van der Waals surface area contributed by atoms with Gasteiger partial charge in [0.05, 0.1) is 61.2 Å². The molecule has 0 aliphatic carbocycles. The molecule has 2 aliphatic rings. The van der Waals surface area contributed by atoms with E-state index in [0.29, 0.717) is 19.0 Å². The van der Waals surface area contributed by atoms with Gasteiger partial charge in [-0.25, -0.2) is 0 Å². The molecular weight excluding hydrogens is 1130 g/mol. The average Bonchev–Trinajstić information content (AvgIpc) is 1.42. The Hall–Kier alpha value is -7.22. The second-order valence-electron chi connectivity index (χ2n) is 21.1. The summed E-state index contributed by atoms with van der Waals surface area (Å²) in [5.74, 6) is -0.782. The van der Waals surface area contributed by atoms with E-state index in [-0.39, 0.29) is 87.2 Å². The Morgan fingerprint density at radius 3 is 1.10 bits per heavy atom. The first-order valence-corrected chi connectivity index (χ1v) is 26.9. The Morgan fingerprint density at radius 2 is 0.810 bits per heavy atom. The third-order valence-corrected chi connectivity index (χ3v) is 15.6. The summed E-state index contributed by atoms with van der Waals surface area (Å²) in [4.78, 5) is 6.40. The monoisotopic (exact) mass is 1190 g/mol. The molecular formula is C60H59F12N7O5. The second kappa shape index (κ2) is 24.8. The topological polar surface area (TPSA) is 152 Å². The van der Waals surface area contributed by atoms with E-state index in [0.717, 1.165) is 119 Å². The smallest absolute Gasteiger partial charge is 0.416 e. The molecule has 12 nitrogen and oxygen atoms in total. The predicted molar refractivity (Wildman–Crippen MR) is 286 cm³/mol. The highest BCUT2D eigenvalue weighted by molar-refractivity contribution is 5.79. The van der Waals surface area contributed by atoms with Crippen molar-refractivity contribution in [2.45, 2.75) is 95.1 Å². The van der Waals surface area contributed by atoms with Crippen molar-refractivity contribution in [3.8, 4) is 11.4 Å². The van der Waals surface area contributed by atoms with E-state index in [2.05, 4.69) is 20.6 Å². The number of benzene rings is 6. The van der Waals surface area contributed by atoms with Gasteiger partial charge in [-0.1, -0.05) is 102 Å². The highest BCUT2D eigenvalue weighted by Gasteiger charge is 2.47. The molecule has 0 atom stereocenters. The zero-order valence-electron chi connectivity index (χ0n) is 45.4. The van der Waals surface area contributed by atoms with Crippen LogP contribution < -0.4 is 0 Å². The minimum absolute atomic E-state index is 0.0996. The summed E-state index contributed by atoms with van der Waals surface area (Å²) in [6, 6.07) is 30.3. The van der Waals surface area contributed by atoms with Gasteiger partial charge in [-0.3, -0.25) is 0 Å². The molecule has 0 amide bonds. The normalized spacial score (nSPS) is 20.1. The van der Waals surface area contributed by atoms with Gasteiger partial charge in [-0.05, 0) is 95.4 Å². The molecule has 6 aromatic carbocycles. The zero-order valence-corrected chi connectivity index (χ0v) is 45.4. The minimum Gasteiger partial charge on any atom is -0.633 e. The Morgan fingerprint density at radius 1 is 0.500 bits per heavy atom. The SMILES string of the molecule is CCO/N=C/c1ccc(C[N+]2([O-])CCC(C(O)(c3ccc(C(F)(F)F)cc3)c3ccc(C(F)(F)F)cc3)CC2)cc1.CCn1nnc(-c2ccc(C[N+]3([O-])CCC(C(O)(c4ccc(C(F)(F)F)cc4)c4ccc(C(F)(F)F)cc4)CC3)cc2)n1. The molecule has 9 rings (SSSR count). The van der Waals surface area contributed by atoms with E-state index in [1.54, 1.807) is 18.3 Å². The molecule has 0 saturated carbocycles. The highest BCUT2D eigenvalue weighted by atomic mass is 19.4. The second-order valence-corrected chi connectivity index (χ2v) is 21.1. The first kappa shape index (κ1) is 62.8. The molecule has 1 aromatic heterocycles. The van der Waals surface area contributed by atoms with Crippen molar-refractivity contribution in [3.05, 3.63) is 217 Å². The van der Waals surface area contributed by atoms with E-state index < -0.39 is 79.3 Å². The first-order valence-electron chi connectivity index (χ1n) is 26.9. The lowest BCUT2D eigenvalue weighted by Gasteiger charge is -2.50. The molecule has 2 N–H and O–H groups in total. The number of likely N-dealkylation sites (tertiary alicyclic amines) is 2. The maximum Gasteiger partial charge on any atom is 0.416 e. The van der Waals surface area contributed by atoms with Gasteiger partial charge in [0.1, 0.15) is 30.9 Å². The number of hydroxylamine groups is 6. The molecule has 448 valence electrons. The van der Waals surface area contributed by atoms with Gasteiger partial charge in [0.2, 0.25) is 5.82 Å². The van der Waals surface area contributed by atoms with Crippen LogP contribution in [0.1, 0.15) is 101 Å². The zero-order chi connectivity index (χ0) is 60.9. The van der Waals surface area contributed by atoms with Crippen LogP contribution in [0.3, 0.4) is 0 Å². The molecule has 24 heteroatoms. The Kier molecular flexibility index (Phi) is 18.5. The molecule has 0 unspecified atom stereocenters. The standard InChI is InChI=1S/C30H29F6N5O2.C30H30F6N2O3/c1-2-40-38-27(37-39-40)21-5-3-20(4-6-21)19-41(43)17-15-24(16-18-41)28(42,22-7-11-25(12-8-22)29(31,32)33)23-9-13-26(14-10-23)30(34,35)36;1-2-41-37-19-21-3-5-22(6-4-21)20-38(40)17-15-25(16-18-38)28(39,23-7-11-26(12-8-23)29(31,32)33)24-9-13-27(14-10-24)30(34,35)36/h3-14,24,42H,2,15-19H2,1H3;3-14,19,25,39H,2,15-18,20H2,1H3/b;37-19+. The van der Waals surface area contributed by atoms with Crippen LogP contribution in [0.4, 0.5) is 52.7 Å². The number of hydrogen-bond acceptors (Lipinski definition) is 9. The van der Waals surface area contributed by atoms with Crippen LogP contribution in [0, 0.1) is 22.3 Å². The predicted octanol–water partition coefficient (Wildman–Crippen LogP) is 13.8. The van der Waals surface area contributed by atoms with Gasteiger partial charge in [-0.15, -0.1) is 10.2 Å². The van der Waals surface area contributed by atoms with Gasteiger partial charge < -0.3 is 34.8 Å². The minimum atomic E-state index is -4.60. The van der Waals surface area contributed by atoms with Crippen molar-refractivity contribution >= 4 is 6.21 Å². The molecule has 84 heavy (non-hydrogen) atoms. The lowest BCUT2D eigenvalue weighted by molar-refractivity contribution is -0.900. The van der Waals surface area contributed by atoms with E-state index >= 15 is 0 Å². The molecule has 2 aliphatic heterocycles. The maximum absolute atomic E-state index is 13.7. The van der Waals surface area contributed by atoms with Crippen LogP contribution in [0.25, 0.3) is 11.4 Å². The number of halogens is 12. The van der Waals surface area contributed by atoms with Gasteiger partial charge in [-0.2, -0.15) is 57.5 Å².